The van der Waals surface area contributed by atoms with Gasteiger partial charge < -0.3 is 20.4 Å². The Morgan fingerprint density at radius 2 is 1.96 bits per heavy atom. The predicted octanol–water partition coefficient (Wildman–Crippen LogP) is 2.32. The molecule has 6 nitrogen and oxygen atoms in total. The van der Waals surface area contributed by atoms with Crippen molar-refractivity contribution < 1.29 is 0 Å². The number of anilines is 1. The second kappa shape index (κ2) is 9.36. The van der Waals surface area contributed by atoms with Gasteiger partial charge in [0.05, 0.1) is 0 Å². The van der Waals surface area contributed by atoms with E-state index in [1.165, 1.54) is 25.7 Å². The Bertz CT molecular complexity index is 533. The summed E-state index contributed by atoms with van der Waals surface area (Å²) in [5.41, 5.74) is 6.64. The van der Waals surface area contributed by atoms with E-state index in [1.54, 1.807) is 11.3 Å². The van der Waals surface area contributed by atoms with Crippen LogP contribution in [-0.2, 0) is 0 Å². The van der Waals surface area contributed by atoms with Gasteiger partial charge >= 0.3 is 0 Å². The standard InChI is InChI=1S/C17H30N6S.HI/c1-21(2)14-17(5-3-4-6-17)13-20-15(18)22-8-10-23(11-9-22)16-19-7-12-24-16;/h7,12H,3-6,8-11,13-14H2,1-2H3,(H2,18,20);1H. The molecule has 1 aliphatic heterocycles. The van der Waals surface area contributed by atoms with Crippen molar-refractivity contribution in [2.75, 3.05) is 58.3 Å². The van der Waals surface area contributed by atoms with Crippen molar-refractivity contribution in [3.05, 3.63) is 11.6 Å². The summed E-state index contributed by atoms with van der Waals surface area (Å²) in [5.74, 6) is 0.721. The quantitative estimate of drug-likeness (QED) is 0.400. The summed E-state index contributed by atoms with van der Waals surface area (Å²) in [7, 11) is 4.32. The highest BCUT2D eigenvalue weighted by Crippen LogP contribution is 2.38. The van der Waals surface area contributed by atoms with Gasteiger partial charge in [-0.3, -0.25) is 4.99 Å². The minimum atomic E-state index is 0. The van der Waals surface area contributed by atoms with Gasteiger partial charge in [0, 0.05) is 56.3 Å². The van der Waals surface area contributed by atoms with E-state index in [9.17, 15) is 0 Å². The van der Waals surface area contributed by atoms with Gasteiger partial charge in [0.2, 0.25) is 0 Å². The number of nitrogens with zero attached hydrogens (tertiary/aromatic N) is 5. The van der Waals surface area contributed by atoms with Crippen LogP contribution in [0.1, 0.15) is 25.7 Å². The molecule has 0 unspecified atom stereocenters. The molecule has 3 rings (SSSR count). The lowest BCUT2D eigenvalue weighted by molar-refractivity contribution is 0.209. The number of halogens is 1. The average molecular weight is 478 g/mol. The summed E-state index contributed by atoms with van der Waals surface area (Å²) in [6.45, 7) is 5.76. The molecule has 0 spiro atoms. The topological polar surface area (TPSA) is 61.0 Å². The number of rotatable bonds is 5. The van der Waals surface area contributed by atoms with Crippen molar-refractivity contribution in [3.8, 4) is 0 Å². The van der Waals surface area contributed by atoms with Crippen molar-refractivity contribution >= 4 is 46.4 Å². The molecular weight excluding hydrogens is 447 g/mol. The zero-order valence-corrected chi connectivity index (χ0v) is 18.5. The van der Waals surface area contributed by atoms with E-state index in [0.29, 0.717) is 5.41 Å². The number of aromatic nitrogens is 1. The van der Waals surface area contributed by atoms with E-state index >= 15 is 0 Å². The van der Waals surface area contributed by atoms with Crippen molar-refractivity contribution in [2.24, 2.45) is 16.1 Å². The molecule has 0 radical (unpaired) electrons. The molecule has 2 N–H and O–H groups in total. The van der Waals surface area contributed by atoms with Crippen LogP contribution in [-0.4, -0.2) is 74.1 Å². The van der Waals surface area contributed by atoms with Crippen molar-refractivity contribution in [2.45, 2.75) is 25.7 Å². The second-order valence-electron chi connectivity index (χ2n) is 7.41. The van der Waals surface area contributed by atoms with E-state index in [0.717, 1.165) is 50.4 Å². The van der Waals surface area contributed by atoms with Gasteiger partial charge in [-0.25, -0.2) is 4.98 Å². The smallest absolute Gasteiger partial charge is 0.191 e. The predicted molar refractivity (Wildman–Crippen MR) is 117 cm³/mol. The molecule has 8 heteroatoms. The van der Waals surface area contributed by atoms with Crippen molar-refractivity contribution in [3.63, 3.8) is 0 Å². The molecule has 2 aliphatic rings. The molecule has 1 aromatic rings. The van der Waals surface area contributed by atoms with Gasteiger partial charge in [0.1, 0.15) is 0 Å². The van der Waals surface area contributed by atoms with E-state index in [4.69, 9.17) is 10.7 Å². The molecule has 2 fully saturated rings. The minimum Gasteiger partial charge on any atom is -0.370 e. The number of hydrogen-bond acceptors (Lipinski definition) is 5. The average Bonchev–Trinajstić information content (AvgIpc) is 3.24. The largest absolute Gasteiger partial charge is 0.370 e. The van der Waals surface area contributed by atoms with Crippen LogP contribution in [0.25, 0.3) is 0 Å². The summed E-state index contributed by atoms with van der Waals surface area (Å²) in [4.78, 5) is 16.1. The van der Waals surface area contributed by atoms with Crippen LogP contribution in [0.3, 0.4) is 0 Å². The molecule has 1 aromatic heterocycles. The first kappa shape index (κ1) is 20.7. The SMILES string of the molecule is CN(C)CC1(CN=C(N)N2CCN(c3nccs3)CC2)CCCC1.I. The zero-order valence-electron chi connectivity index (χ0n) is 15.4. The number of aliphatic imine (C=N–C) groups is 1. The molecule has 0 aromatic carbocycles. The Balaban J connectivity index is 0.00000225. The minimum absolute atomic E-state index is 0. The first-order valence-electron chi connectivity index (χ1n) is 8.92. The Morgan fingerprint density at radius 3 is 2.52 bits per heavy atom. The zero-order chi connectivity index (χ0) is 17.0. The van der Waals surface area contributed by atoms with E-state index in [-0.39, 0.29) is 24.0 Å². The summed E-state index contributed by atoms with van der Waals surface area (Å²) in [6, 6.07) is 0. The van der Waals surface area contributed by atoms with E-state index < -0.39 is 0 Å². The molecule has 1 saturated carbocycles. The van der Waals surface area contributed by atoms with Crippen LogP contribution in [0.15, 0.2) is 16.6 Å². The van der Waals surface area contributed by atoms with Crippen LogP contribution < -0.4 is 10.6 Å². The summed E-state index contributed by atoms with van der Waals surface area (Å²) in [6.07, 6.45) is 7.08. The van der Waals surface area contributed by atoms with Gasteiger partial charge in [-0.15, -0.1) is 35.3 Å². The first-order valence-corrected chi connectivity index (χ1v) is 9.80. The maximum atomic E-state index is 6.31. The number of guanidine groups is 1. The molecule has 25 heavy (non-hydrogen) atoms. The first-order chi connectivity index (χ1) is 11.6. The number of hydrogen-bond donors (Lipinski definition) is 1. The van der Waals surface area contributed by atoms with Gasteiger partial charge in [0.25, 0.3) is 0 Å². The second-order valence-corrected chi connectivity index (χ2v) is 8.28. The van der Waals surface area contributed by atoms with Gasteiger partial charge in [-0.1, -0.05) is 12.8 Å². The summed E-state index contributed by atoms with van der Waals surface area (Å²) >= 11 is 1.70. The molecular formula is C17H31IN6S. The fourth-order valence-electron chi connectivity index (χ4n) is 4.01. The van der Waals surface area contributed by atoms with Crippen LogP contribution >= 0.6 is 35.3 Å². The van der Waals surface area contributed by atoms with E-state index in [2.05, 4.69) is 33.8 Å². The molecule has 1 saturated heterocycles. The summed E-state index contributed by atoms with van der Waals surface area (Å²) < 4.78 is 0. The number of nitrogens with two attached hydrogens (primary N) is 1. The number of piperazine rings is 1. The lowest BCUT2D eigenvalue weighted by atomic mass is 9.86. The van der Waals surface area contributed by atoms with Gasteiger partial charge in [0.15, 0.2) is 11.1 Å². The third-order valence-electron chi connectivity index (χ3n) is 5.19. The molecule has 0 bridgehead atoms. The Hall–Kier alpha value is -0.610. The molecule has 2 heterocycles. The van der Waals surface area contributed by atoms with Gasteiger partial charge in [-0.2, -0.15) is 0 Å². The lowest BCUT2D eigenvalue weighted by Gasteiger charge is -2.36. The van der Waals surface area contributed by atoms with Crippen LogP contribution in [0.4, 0.5) is 5.13 Å². The third-order valence-corrected chi connectivity index (χ3v) is 6.02. The van der Waals surface area contributed by atoms with Crippen LogP contribution in [0.2, 0.25) is 0 Å². The highest BCUT2D eigenvalue weighted by atomic mass is 127. The lowest BCUT2D eigenvalue weighted by Crippen LogP contribution is -2.51. The molecule has 0 amide bonds. The highest BCUT2D eigenvalue weighted by Gasteiger charge is 2.34. The maximum absolute atomic E-state index is 6.31. The molecule has 1 aliphatic carbocycles. The van der Waals surface area contributed by atoms with Crippen molar-refractivity contribution in [1.82, 2.24) is 14.8 Å². The monoisotopic (exact) mass is 478 g/mol. The van der Waals surface area contributed by atoms with E-state index in [1.807, 2.05) is 11.6 Å². The number of thiazole rings is 1. The molecule has 0 atom stereocenters. The summed E-state index contributed by atoms with van der Waals surface area (Å²) in [5, 5.41) is 3.14. The van der Waals surface area contributed by atoms with Crippen LogP contribution in [0, 0.1) is 5.41 Å². The van der Waals surface area contributed by atoms with Crippen molar-refractivity contribution in [1.29, 1.82) is 0 Å². The Labute approximate surface area is 172 Å². The normalized spacial score (nSPS) is 20.8. The van der Waals surface area contributed by atoms with Crippen LogP contribution in [0.5, 0.6) is 0 Å². The molecule has 142 valence electrons. The Morgan fingerprint density at radius 1 is 1.28 bits per heavy atom. The third kappa shape index (κ3) is 5.43. The Kier molecular flexibility index (Phi) is 7.75. The van der Waals surface area contributed by atoms with Gasteiger partial charge in [-0.05, 0) is 26.9 Å². The fourth-order valence-corrected chi connectivity index (χ4v) is 4.71. The highest BCUT2D eigenvalue weighted by molar-refractivity contribution is 14.0. The maximum Gasteiger partial charge on any atom is 0.191 e. The fraction of sp³-hybridized carbons (Fsp3) is 0.765.